The average molecular weight is 230 g/mol. The zero-order chi connectivity index (χ0) is 12.5. The molecule has 1 rings (SSSR count). The van der Waals surface area contributed by atoms with E-state index in [0.717, 1.165) is 6.42 Å². The van der Waals surface area contributed by atoms with Crippen LogP contribution in [0.5, 0.6) is 0 Å². The largest absolute Gasteiger partial charge is 0.351 e. The number of nitrogens with one attached hydrogen (secondary N) is 2. The number of terminal acetylenes is 1. The van der Waals surface area contributed by atoms with Crippen LogP contribution in [0.15, 0.2) is 24.3 Å². The minimum atomic E-state index is -0.0360. The van der Waals surface area contributed by atoms with Gasteiger partial charge < -0.3 is 5.32 Å². The highest BCUT2D eigenvalue weighted by atomic mass is 16.1. The summed E-state index contributed by atoms with van der Waals surface area (Å²) in [5, 5.41) is 5.71. The molecule has 17 heavy (non-hydrogen) atoms. The van der Waals surface area contributed by atoms with Crippen LogP contribution < -0.4 is 10.6 Å². The Morgan fingerprint density at radius 3 is 2.71 bits per heavy atom. The summed E-state index contributed by atoms with van der Waals surface area (Å²) in [6.45, 7) is 3.35. The van der Waals surface area contributed by atoms with Gasteiger partial charge in [-0.2, -0.15) is 0 Å². The lowest BCUT2D eigenvalue weighted by Gasteiger charge is -2.09. The van der Waals surface area contributed by atoms with E-state index < -0.39 is 0 Å². The summed E-state index contributed by atoms with van der Waals surface area (Å²) in [5.74, 6) is 2.39. The van der Waals surface area contributed by atoms with Crippen LogP contribution in [0.1, 0.15) is 18.1 Å². The van der Waals surface area contributed by atoms with Crippen molar-refractivity contribution < 1.29 is 4.79 Å². The van der Waals surface area contributed by atoms with E-state index in [-0.39, 0.29) is 12.5 Å². The van der Waals surface area contributed by atoms with Crippen molar-refractivity contribution in [3.63, 3.8) is 0 Å². The van der Waals surface area contributed by atoms with Crippen LogP contribution >= 0.6 is 0 Å². The van der Waals surface area contributed by atoms with Crippen molar-refractivity contribution in [1.29, 1.82) is 0 Å². The Morgan fingerprint density at radius 1 is 1.35 bits per heavy atom. The molecule has 0 saturated carbocycles. The van der Waals surface area contributed by atoms with Crippen LogP contribution in [0.3, 0.4) is 0 Å². The second-order valence-corrected chi connectivity index (χ2v) is 3.71. The van der Waals surface area contributed by atoms with Crippen LogP contribution in [0.4, 0.5) is 0 Å². The molecular formula is C14H18N2O. The summed E-state index contributed by atoms with van der Waals surface area (Å²) in [6, 6.07) is 8.11. The second kappa shape index (κ2) is 7.48. The molecule has 1 amide bonds. The number of carbonyl (C=O) groups is 1. The molecule has 0 aliphatic heterocycles. The highest BCUT2D eigenvalue weighted by Gasteiger charge is 2.02. The van der Waals surface area contributed by atoms with Crippen molar-refractivity contribution in [2.24, 2.45) is 0 Å². The number of rotatable bonds is 6. The molecule has 0 atom stereocenters. The first kappa shape index (κ1) is 13.3. The van der Waals surface area contributed by atoms with Gasteiger partial charge >= 0.3 is 0 Å². The monoisotopic (exact) mass is 230 g/mol. The Hall–Kier alpha value is -1.79. The second-order valence-electron chi connectivity index (χ2n) is 3.71. The molecule has 3 nitrogen and oxygen atoms in total. The molecule has 0 spiro atoms. The predicted octanol–water partition coefficient (Wildman–Crippen LogP) is 1.09. The van der Waals surface area contributed by atoms with E-state index in [1.165, 1.54) is 11.1 Å². The fraction of sp³-hybridized carbons (Fsp3) is 0.357. The van der Waals surface area contributed by atoms with Crippen LogP contribution in [0.2, 0.25) is 0 Å². The van der Waals surface area contributed by atoms with E-state index in [1.807, 2.05) is 18.2 Å². The van der Waals surface area contributed by atoms with Crippen molar-refractivity contribution in [2.75, 3.05) is 13.1 Å². The molecule has 0 radical (unpaired) electrons. The average Bonchev–Trinajstić information content (AvgIpc) is 2.37. The van der Waals surface area contributed by atoms with Gasteiger partial charge in [0.1, 0.15) is 0 Å². The van der Waals surface area contributed by atoms with Gasteiger partial charge in [-0.15, -0.1) is 6.42 Å². The molecular weight excluding hydrogens is 212 g/mol. The van der Waals surface area contributed by atoms with Gasteiger partial charge in [-0.1, -0.05) is 37.1 Å². The number of carbonyl (C=O) groups excluding carboxylic acids is 1. The van der Waals surface area contributed by atoms with Crippen LogP contribution in [0.25, 0.3) is 0 Å². The van der Waals surface area contributed by atoms with E-state index in [1.54, 1.807) is 0 Å². The first-order valence-corrected chi connectivity index (χ1v) is 5.75. The maximum Gasteiger partial charge on any atom is 0.234 e. The lowest BCUT2D eigenvalue weighted by Crippen LogP contribution is -2.33. The third kappa shape index (κ3) is 4.71. The normalized spacial score (nSPS) is 9.65. The molecule has 2 N–H and O–H groups in total. The van der Waals surface area contributed by atoms with Crippen molar-refractivity contribution in [3.8, 4) is 12.3 Å². The number of benzene rings is 1. The van der Waals surface area contributed by atoms with Gasteiger partial charge in [-0.3, -0.25) is 10.1 Å². The molecule has 0 saturated heterocycles. The molecule has 1 aromatic rings. The van der Waals surface area contributed by atoms with Crippen LogP contribution in [-0.4, -0.2) is 19.0 Å². The SMILES string of the molecule is C#CCNCC(=O)NCc1ccccc1CC. The summed E-state index contributed by atoms with van der Waals surface area (Å²) >= 11 is 0. The smallest absolute Gasteiger partial charge is 0.234 e. The van der Waals surface area contributed by atoms with Gasteiger partial charge in [0.2, 0.25) is 5.91 Å². The Morgan fingerprint density at radius 2 is 2.06 bits per heavy atom. The fourth-order valence-corrected chi connectivity index (χ4v) is 1.58. The van der Waals surface area contributed by atoms with E-state index in [2.05, 4.69) is 29.5 Å². The summed E-state index contributed by atoms with van der Waals surface area (Å²) < 4.78 is 0. The van der Waals surface area contributed by atoms with Gasteiger partial charge in [0.15, 0.2) is 0 Å². The Balaban J connectivity index is 2.39. The molecule has 90 valence electrons. The maximum atomic E-state index is 11.4. The molecule has 0 fully saturated rings. The molecule has 0 bridgehead atoms. The molecule has 0 unspecified atom stereocenters. The topological polar surface area (TPSA) is 41.1 Å². The zero-order valence-electron chi connectivity index (χ0n) is 10.1. The van der Waals surface area contributed by atoms with E-state index in [4.69, 9.17) is 6.42 Å². The van der Waals surface area contributed by atoms with Gasteiger partial charge in [-0.25, -0.2) is 0 Å². The van der Waals surface area contributed by atoms with E-state index >= 15 is 0 Å². The number of hydrogen-bond acceptors (Lipinski definition) is 2. The van der Waals surface area contributed by atoms with Gasteiger partial charge in [-0.05, 0) is 17.5 Å². The molecule has 0 aliphatic rings. The van der Waals surface area contributed by atoms with Gasteiger partial charge in [0.05, 0.1) is 13.1 Å². The molecule has 0 aromatic heterocycles. The summed E-state index contributed by atoms with van der Waals surface area (Å²) in [5.41, 5.74) is 2.43. The van der Waals surface area contributed by atoms with Crippen molar-refractivity contribution >= 4 is 5.91 Å². The van der Waals surface area contributed by atoms with Gasteiger partial charge in [0, 0.05) is 6.54 Å². The number of hydrogen-bond donors (Lipinski definition) is 2. The lowest BCUT2D eigenvalue weighted by molar-refractivity contribution is -0.120. The zero-order valence-corrected chi connectivity index (χ0v) is 10.1. The summed E-state index contributed by atoms with van der Waals surface area (Å²) in [7, 11) is 0. The summed E-state index contributed by atoms with van der Waals surface area (Å²) in [4.78, 5) is 11.4. The minimum Gasteiger partial charge on any atom is -0.351 e. The number of amides is 1. The van der Waals surface area contributed by atoms with E-state index in [0.29, 0.717) is 13.1 Å². The van der Waals surface area contributed by atoms with Crippen LogP contribution in [0, 0.1) is 12.3 Å². The third-order valence-electron chi connectivity index (χ3n) is 2.49. The molecule has 0 aliphatic carbocycles. The van der Waals surface area contributed by atoms with Crippen LogP contribution in [-0.2, 0) is 17.8 Å². The third-order valence-corrected chi connectivity index (χ3v) is 2.49. The van der Waals surface area contributed by atoms with Gasteiger partial charge in [0.25, 0.3) is 0 Å². The number of aryl methyl sites for hydroxylation is 1. The standard InChI is InChI=1S/C14H18N2O/c1-3-9-15-11-14(17)16-10-13-8-6-5-7-12(13)4-2/h1,5-8,15H,4,9-11H2,2H3,(H,16,17). The fourth-order valence-electron chi connectivity index (χ4n) is 1.58. The Bertz CT molecular complexity index is 407. The summed E-state index contributed by atoms with van der Waals surface area (Å²) in [6.07, 6.45) is 6.05. The lowest BCUT2D eigenvalue weighted by atomic mass is 10.1. The first-order valence-electron chi connectivity index (χ1n) is 5.75. The molecule has 1 aromatic carbocycles. The highest BCUT2D eigenvalue weighted by Crippen LogP contribution is 2.08. The maximum absolute atomic E-state index is 11.4. The van der Waals surface area contributed by atoms with E-state index in [9.17, 15) is 4.79 Å². The Kier molecular flexibility index (Phi) is 5.84. The minimum absolute atomic E-state index is 0.0360. The first-order chi connectivity index (χ1) is 8.27. The molecule has 0 heterocycles. The van der Waals surface area contributed by atoms with Crippen molar-refractivity contribution in [1.82, 2.24) is 10.6 Å². The van der Waals surface area contributed by atoms with Crippen molar-refractivity contribution in [2.45, 2.75) is 19.9 Å². The molecule has 3 heteroatoms. The predicted molar refractivity (Wildman–Crippen MR) is 69.4 cm³/mol. The Labute approximate surface area is 103 Å². The van der Waals surface area contributed by atoms with Crippen molar-refractivity contribution in [3.05, 3.63) is 35.4 Å². The highest BCUT2D eigenvalue weighted by molar-refractivity contribution is 5.78. The quantitative estimate of drug-likeness (QED) is 0.567.